The molecule has 21 heavy (non-hydrogen) atoms. The van der Waals surface area contributed by atoms with Gasteiger partial charge in [-0.15, -0.1) is 0 Å². The number of hydrogen-bond donors (Lipinski definition) is 1. The van der Waals surface area contributed by atoms with Gasteiger partial charge in [-0.1, -0.05) is 18.2 Å². The minimum absolute atomic E-state index is 0.0434. The van der Waals surface area contributed by atoms with Crippen molar-refractivity contribution in [3.05, 3.63) is 29.8 Å². The predicted molar refractivity (Wildman–Crippen MR) is 78.6 cm³/mol. The van der Waals surface area contributed by atoms with Crippen LogP contribution in [0.2, 0.25) is 0 Å². The van der Waals surface area contributed by atoms with Crippen molar-refractivity contribution in [1.29, 1.82) is 0 Å². The molecule has 0 saturated carbocycles. The average molecular weight is 312 g/mol. The van der Waals surface area contributed by atoms with Gasteiger partial charge in [-0.3, -0.25) is 9.69 Å². The summed E-state index contributed by atoms with van der Waals surface area (Å²) < 4.78 is 26.8. The molecule has 6 nitrogen and oxygen atoms in total. The number of hydrogen-bond acceptors (Lipinski definition) is 4. The summed E-state index contributed by atoms with van der Waals surface area (Å²) in [4.78, 5) is 12.9. The average Bonchev–Trinajstić information content (AvgIpc) is 2.64. The van der Waals surface area contributed by atoms with E-state index >= 15 is 0 Å². The SMILES string of the molecule is Cc1ccccc1S(=O)(=O)N1CCCN(CC(=O)O)CC1. The first-order valence-corrected chi connectivity index (χ1v) is 8.35. The predicted octanol–water partition coefficient (Wildman–Crippen LogP) is 0.776. The first-order chi connectivity index (χ1) is 9.91. The number of aryl methyl sites for hydroxylation is 1. The summed E-state index contributed by atoms with van der Waals surface area (Å²) in [7, 11) is -3.51. The molecule has 0 spiro atoms. The van der Waals surface area contributed by atoms with Crippen LogP contribution in [0.15, 0.2) is 29.2 Å². The second-order valence-electron chi connectivity index (χ2n) is 5.19. The van der Waals surface area contributed by atoms with Crippen LogP contribution in [0.3, 0.4) is 0 Å². The lowest BCUT2D eigenvalue weighted by Crippen LogP contribution is -2.36. The van der Waals surface area contributed by atoms with Gasteiger partial charge in [-0.05, 0) is 25.0 Å². The van der Waals surface area contributed by atoms with E-state index < -0.39 is 16.0 Å². The van der Waals surface area contributed by atoms with Gasteiger partial charge in [0, 0.05) is 26.2 Å². The van der Waals surface area contributed by atoms with Crippen molar-refractivity contribution in [3.8, 4) is 0 Å². The fraction of sp³-hybridized carbons (Fsp3) is 0.500. The highest BCUT2D eigenvalue weighted by Gasteiger charge is 2.28. The smallest absolute Gasteiger partial charge is 0.317 e. The normalized spacial score (nSPS) is 18.3. The van der Waals surface area contributed by atoms with Crippen molar-refractivity contribution in [3.63, 3.8) is 0 Å². The van der Waals surface area contributed by atoms with Crippen molar-refractivity contribution >= 4 is 16.0 Å². The Bertz CT molecular complexity index is 615. The van der Waals surface area contributed by atoms with Crippen LogP contribution in [0, 0.1) is 6.92 Å². The van der Waals surface area contributed by atoms with Crippen molar-refractivity contribution in [2.45, 2.75) is 18.2 Å². The zero-order valence-corrected chi connectivity index (χ0v) is 12.8. The van der Waals surface area contributed by atoms with Gasteiger partial charge in [0.25, 0.3) is 0 Å². The molecule has 1 aliphatic heterocycles. The monoisotopic (exact) mass is 312 g/mol. The van der Waals surface area contributed by atoms with Crippen molar-refractivity contribution in [1.82, 2.24) is 9.21 Å². The van der Waals surface area contributed by atoms with Crippen LogP contribution in [0.1, 0.15) is 12.0 Å². The molecule has 0 unspecified atom stereocenters. The molecule has 1 aromatic carbocycles. The Morgan fingerprint density at radius 2 is 1.90 bits per heavy atom. The van der Waals surface area contributed by atoms with Crippen LogP contribution in [-0.2, 0) is 14.8 Å². The maximum absolute atomic E-state index is 12.7. The third-order valence-corrected chi connectivity index (χ3v) is 5.68. The number of carboxylic acids is 1. The van der Waals surface area contributed by atoms with Crippen molar-refractivity contribution < 1.29 is 18.3 Å². The van der Waals surface area contributed by atoms with Gasteiger partial charge >= 0.3 is 5.97 Å². The second-order valence-corrected chi connectivity index (χ2v) is 7.10. The van der Waals surface area contributed by atoms with Gasteiger partial charge in [-0.2, -0.15) is 4.31 Å². The molecule has 1 saturated heterocycles. The maximum Gasteiger partial charge on any atom is 0.317 e. The molecular formula is C14H20N2O4S. The molecule has 0 atom stereocenters. The van der Waals surface area contributed by atoms with Crippen LogP contribution >= 0.6 is 0 Å². The lowest BCUT2D eigenvalue weighted by Gasteiger charge is -2.21. The Kier molecular flexibility index (Phi) is 4.97. The highest BCUT2D eigenvalue weighted by molar-refractivity contribution is 7.89. The van der Waals surface area contributed by atoms with Gasteiger partial charge in [0.2, 0.25) is 10.0 Å². The fourth-order valence-electron chi connectivity index (χ4n) is 2.52. The lowest BCUT2D eigenvalue weighted by atomic mass is 10.2. The zero-order chi connectivity index (χ0) is 15.5. The summed E-state index contributed by atoms with van der Waals surface area (Å²) in [6, 6.07) is 6.92. The number of aliphatic carboxylic acids is 1. The highest BCUT2D eigenvalue weighted by Crippen LogP contribution is 2.20. The molecule has 0 radical (unpaired) electrons. The first kappa shape index (κ1) is 15.9. The quantitative estimate of drug-likeness (QED) is 0.889. The molecule has 7 heteroatoms. The Morgan fingerprint density at radius 1 is 1.19 bits per heavy atom. The van der Waals surface area contributed by atoms with Crippen LogP contribution in [0.4, 0.5) is 0 Å². The summed E-state index contributed by atoms with van der Waals surface area (Å²) in [5, 5.41) is 8.82. The lowest BCUT2D eigenvalue weighted by molar-refractivity contribution is -0.138. The molecule has 0 aromatic heterocycles. The number of carboxylic acid groups (broad SMARTS) is 1. The van der Waals surface area contributed by atoms with Crippen LogP contribution in [0.25, 0.3) is 0 Å². The Labute approximate surface area is 125 Å². The molecular weight excluding hydrogens is 292 g/mol. The van der Waals surface area contributed by atoms with E-state index in [-0.39, 0.29) is 6.54 Å². The molecule has 1 N–H and O–H groups in total. The molecule has 1 fully saturated rings. The van der Waals surface area contributed by atoms with Gasteiger partial charge in [0.15, 0.2) is 0 Å². The van der Waals surface area contributed by atoms with Gasteiger partial charge in [0.05, 0.1) is 11.4 Å². The molecule has 0 aliphatic carbocycles. The summed E-state index contributed by atoms with van der Waals surface area (Å²) in [5.74, 6) is -0.884. The van der Waals surface area contributed by atoms with E-state index in [0.29, 0.717) is 37.5 Å². The molecule has 0 amide bonds. The Hall–Kier alpha value is -1.44. The number of rotatable bonds is 4. The van der Waals surface area contributed by atoms with E-state index in [0.717, 1.165) is 5.56 Å². The topological polar surface area (TPSA) is 77.9 Å². The molecule has 0 bridgehead atoms. The first-order valence-electron chi connectivity index (χ1n) is 6.91. The Balaban J connectivity index is 2.15. The second kappa shape index (κ2) is 6.55. The summed E-state index contributed by atoms with van der Waals surface area (Å²) in [6.07, 6.45) is 0.637. The summed E-state index contributed by atoms with van der Waals surface area (Å²) in [6.45, 7) is 3.53. The van der Waals surface area contributed by atoms with E-state index in [1.54, 1.807) is 30.0 Å². The van der Waals surface area contributed by atoms with E-state index in [4.69, 9.17) is 5.11 Å². The standard InChI is InChI=1S/C14H20N2O4S/c1-12-5-2-3-6-13(12)21(19,20)16-8-4-7-15(9-10-16)11-14(17)18/h2-3,5-6H,4,7-11H2,1H3,(H,17,18). The van der Waals surface area contributed by atoms with Crippen LogP contribution in [-0.4, -0.2) is 61.4 Å². The third-order valence-electron chi connectivity index (χ3n) is 3.62. The summed E-state index contributed by atoms with van der Waals surface area (Å²) in [5.41, 5.74) is 0.726. The van der Waals surface area contributed by atoms with Crippen LogP contribution < -0.4 is 0 Å². The van der Waals surface area contributed by atoms with E-state index in [2.05, 4.69) is 0 Å². The van der Waals surface area contributed by atoms with E-state index in [9.17, 15) is 13.2 Å². The van der Waals surface area contributed by atoms with Crippen molar-refractivity contribution in [2.24, 2.45) is 0 Å². The molecule has 1 aromatic rings. The maximum atomic E-state index is 12.7. The van der Waals surface area contributed by atoms with Gasteiger partial charge < -0.3 is 5.11 Å². The Morgan fingerprint density at radius 3 is 2.57 bits per heavy atom. The molecule has 1 aliphatic rings. The van der Waals surface area contributed by atoms with Crippen molar-refractivity contribution in [2.75, 3.05) is 32.7 Å². The highest BCUT2D eigenvalue weighted by atomic mass is 32.2. The molecule has 116 valence electrons. The minimum atomic E-state index is -3.51. The third kappa shape index (κ3) is 3.81. The summed E-state index contributed by atoms with van der Waals surface area (Å²) >= 11 is 0. The number of sulfonamides is 1. The van der Waals surface area contributed by atoms with Crippen LogP contribution in [0.5, 0.6) is 0 Å². The number of nitrogens with zero attached hydrogens (tertiary/aromatic N) is 2. The largest absolute Gasteiger partial charge is 0.480 e. The number of benzene rings is 1. The van der Waals surface area contributed by atoms with E-state index in [1.165, 1.54) is 4.31 Å². The van der Waals surface area contributed by atoms with E-state index in [1.807, 2.05) is 6.07 Å². The minimum Gasteiger partial charge on any atom is -0.480 e. The molecule has 1 heterocycles. The van der Waals surface area contributed by atoms with Gasteiger partial charge in [-0.25, -0.2) is 8.42 Å². The van der Waals surface area contributed by atoms with Gasteiger partial charge in [0.1, 0.15) is 0 Å². The number of carbonyl (C=O) groups is 1. The molecule has 2 rings (SSSR count). The fourth-order valence-corrected chi connectivity index (χ4v) is 4.22. The zero-order valence-electron chi connectivity index (χ0n) is 12.0.